The van der Waals surface area contributed by atoms with E-state index in [0.717, 1.165) is 18.5 Å². The summed E-state index contributed by atoms with van der Waals surface area (Å²) in [6.45, 7) is 0.842. The first-order chi connectivity index (χ1) is 12.2. The van der Waals surface area contributed by atoms with E-state index in [4.69, 9.17) is 10.5 Å². The molecule has 1 aromatic rings. The zero-order valence-electron chi connectivity index (χ0n) is 14.6. The fourth-order valence-corrected chi connectivity index (χ4v) is 3.80. The van der Waals surface area contributed by atoms with Crippen LogP contribution in [0.3, 0.4) is 0 Å². The third-order valence-electron chi connectivity index (χ3n) is 5.19. The summed E-state index contributed by atoms with van der Waals surface area (Å²) in [4.78, 5) is 26.2. The lowest BCUT2D eigenvalue weighted by molar-refractivity contribution is -0.122. The van der Waals surface area contributed by atoms with Crippen molar-refractivity contribution in [2.75, 3.05) is 24.6 Å². The fourth-order valence-electron chi connectivity index (χ4n) is 3.80. The molecule has 0 bridgehead atoms. The van der Waals surface area contributed by atoms with Gasteiger partial charge in [-0.15, -0.1) is 0 Å². The number of rotatable bonds is 6. The van der Waals surface area contributed by atoms with E-state index >= 15 is 0 Å². The summed E-state index contributed by atoms with van der Waals surface area (Å²) >= 11 is 0. The van der Waals surface area contributed by atoms with Crippen LogP contribution in [0.2, 0.25) is 0 Å². The normalized spacial score (nSPS) is 19.1. The summed E-state index contributed by atoms with van der Waals surface area (Å²) in [6, 6.07) is 7.45. The van der Waals surface area contributed by atoms with Crippen LogP contribution in [-0.2, 0) is 9.59 Å². The molecule has 3 rings (SSSR count). The molecule has 2 aliphatic rings. The number of anilines is 1. The van der Waals surface area contributed by atoms with E-state index in [0.29, 0.717) is 24.8 Å². The van der Waals surface area contributed by atoms with Gasteiger partial charge in [0.25, 0.3) is 5.91 Å². The molecule has 1 aromatic carbocycles. The van der Waals surface area contributed by atoms with Gasteiger partial charge in [0.1, 0.15) is 5.75 Å². The first-order valence-corrected chi connectivity index (χ1v) is 9.20. The van der Waals surface area contributed by atoms with E-state index in [-0.39, 0.29) is 30.9 Å². The van der Waals surface area contributed by atoms with Crippen LogP contribution in [0.25, 0.3) is 0 Å². The van der Waals surface area contributed by atoms with Gasteiger partial charge in [-0.2, -0.15) is 0 Å². The van der Waals surface area contributed by atoms with Crippen LogP contribution in [0, 0.1) is 5.92 Å². The molecule has 1 heterocycles. The molecule has 6 heteroatoms. The predicted octanol–water partition coefficient (Wildman–Crippen LogP) is 1.83. The number of ether oxygens (including phenoxy) is 1. The van der Waals surface area contributed by atoms with Crippen LogP contribution >= 0.6 is 0 Å². The Hall–Kier alpha value is -2.08. The number of carbonyl (C=O) groups excluding carboxylic acids is 2. The van der Waals surface area contributed by atoms with Gasteiger partial charge in [-0.3, -0.25) is 9.59 Å². The van der Waals surface area contributed by atoms with Gasteiger partial charge >= 0.3 is 0 Å². The van der Waals surface area contributed by atoms with E-state index in [1.807, 2.05) is 24.3 Å². The third-order valence-corrected chi connectivity index (χ3v) is 5.19. The lowest BCUT2D eigenvalue weighted by Gasteiger charge is -2.31. The second-order valence-electron chi connectivity index (χ2n) is 6.86. The first kappa shape index (κ1) is 17.7. The third kappa shape index (κ3) is 4.31. The maximum atomic E-state index is 12.4. The average Bonchev–Trinajstić information content (AvgIpc) is 2.66. The van der Waals surface area contributed by atoms with Crippen LogP contribution in [0.15, 0.2) is 24.3 Å². The maximum absolute atomic E-state index is 12.4. The molecular formula is C19H27N3O3. The lowest BCUT2D eigenvalue weighted by atomic mass is 9.84. The van der Waals surface area contributed by atoms with E-state index < -0.39 is 0 Å². The van der Waals surface area contributed by atoms with Gasteiger partial charge in [-0.05, 0) is 30.9 Å². The van der Waals surface area contributed by atoms with E-state index in [2.05, 4.69) is 5.32 Å². The molecule has 1 fully saturated rings. The molecule has 1 unspecified atom stereocenters. The van der Waals surface area contributed by atoms with Crippen molar-refractivity contribution in [2.45, 2.75) is 44.6 Å². The molecular weight excluding hydrogens is 318 g/mol. The monoisotopic (exact) mass is 345 g/mol. The van der Waals surface area contributed by atoms with Crippen molar-refractivity contribution in [3.63, 3.8) is 0 Å². The number of hydrogen-bond donors (Lipinski definition) is 2. The van der Waals surface area contributed by atoms with Gasteiger partial charge in [0.05, 0.1) is 5.69 Å². The summed E-state index contributed by atoms with van der Waals surface area (Å²) in [7, 11) is 0. The molecule has 0 aromatic heterocycles. The maximum Gasteiger partial charge on any atom is 0.265 e. The quantitative estimate of drug-likeness (QED) is 0.824. The summed E-state index contributed by atoms with van der Waals surface area (Å²) < 4.78 is 5.43. The van der Waals surface area contributed by atoms with E-state index in [9.17, 15) is 9.59 Å². The highest BCUT2D eigenvalue weighted by Gasteiger charge is 2.27. The number of para-hydroxylation sites is 2. The van der Waals surface area contributed by atoms with Gasteiger partial charge in [-0.1, -0.05) is 31.4 Å². The molecule has 2 amide bonds. The molecule has 1 saturated carbocycles. The minimum Gasteiger partial charge on any atom is -0.482 e. The smallest absolute Gasteiger partial charge is 0.265 e. The van der Waals surface area contributed by atoms with E-state index in [1.54, 1.807) is 4.90 Å². The van der Waals surface area contributed by atoms with E-state index in [1.165, 1.54) is 19.3 Å². The highest BCUT2D eigenvalue weighted by atomic mass is 16.5. The fraction of sp³-hybridized carbons (Fsp3) is 0.579. The highest BCUT2D eigenvalue weighted by molar-refractivity contribution is 5.98. The standard InChI is InChI=1S/C19H27N3O3/c20-12-15(14-6-2-1-3-7-14)21-18(23)10-11-22-16-8-4-5-9-17(16)25-13-19(22)24/h4-5,8-9,14-15H,1-3,6-7,10-13,20H2,(H,21,23). The van der Waals surface area contributed by atoms with Crippen molar-refractivity contribution in [1.82, 2.24) is 5.32 Å². The number of hydrogen-bond acceptors (Lipinski definition) is 4. The van der Waals surface area contributed by atoms with Crippen LogP contribution in [0.1, 0.15) is 38.5 Å². The van der Waals surface area contributed by atoms with Gasteiger partial charge in [0, 0.05) is 25.6 Å². The highest BCUT2D eigenvalue weighted by Crippen LogP contribution is 2.31. The molecule has 1 atom stereocenters. The van der Waals surface area contributed by atoms with Crippen LogP contribution in [0.5, 0.6) is 5.75 Å². The Morgan fingerprint density at radius 2 is 2.04 bits per heavy atom. The SMILES string of the molecule is NCC(NC(=O)CCN1C(=O)COc2ccccc21)C1CCCCC1. The molecule has 3 N–H and O–H groups in total. The number of nitrogens with zero attached hydrogens (tertiary/aromatic N) is 1. The van der Waals surface area contributed by atoms with Gasteiger partial charge in [0.2, 0.25) is 5.91 Å². The zero-order chi connectivity index (χ0) is 17.6. The average molecular weight is 345 g/mol. The van der Waals surface area contributed by atoms with Crippen molar-refractivity contribution in [1.29, 1.82) is 0 Å². The molecule has 25 heavy (non-hydrogen) atoms. The molecule has 1 aliphatic carbocycles. The van der Waals surface area contributed by atoms with Crippen molar-refractivity contribution in [2.24, 2.45) is 11.7 Å². The summed E-state index contributed by atoms with van der Waals surface area (Å²) in [5.74, 6) is 1.00. The van der Waals surface area contributed by atoms with Crippen LogP contribution in [-0.4, -0.2) is 37.6 Å². The molecule has 0 radical (unpaired) electrons. The second-order valence-corrected chi connectivity index (χ2v) is 6.86. The topological polar surface area (TPSA) is 84.7 Å². The van der Waals surface area contributed by atoms with Crippen LogP contribution in [0.4, 0.5) is 5.69 Å². The molecule has 6 nitrogen and oxygen atoms in total. The van der Waals surface area contributed by atoms with Crippen molar-refractivity contribution >= 4 is 17.5 Å². The minimum atomic E-state index is -0.117. The second kappa shape index (κ2) is 8.34. The Kier molecular flexibility index (Phi) is 5.91. The molecule has 0 spiro atoms. The summed E-state index contributed by atoms with van der Waals surface area (Å²) in [5, 5.41) is 3.08. The lowest BCUT2D eigenvalue weighted by Crippen LogP contribution is -2.47. The number of carbonyl (C=O) groups is 2. The Balaban J connectivity index is 1.55. The number of benzene rings is 1. The Morgan fingerprint density at radius 1 is 1.28 bits per heavy atom. The summed E-state index contributed by atoms with van der Waals surface area (Å²) in [6.07, 6.45) is 6.25. The van der Waals surface area contributed by atoms with Crippen molar-refractivity contribution in [3.8, 4) is 5.75 Å². The van der Waals surface area contributed by atoms with Crippen molar-refractivity contribution < 1.29 is 14.3 Å². The number of nitrogens with two attached hydrogens (primary N) is 1. The summed E-state index contributed by atoms with van der Waals surface area (Å²) in [5.41, 5.74) is 6.61. The number of nitrogens with one attached hydrogen (secondary N) is 1. The zero-order valence-corrected chi connectivity index (χ0v) is 14.6. The van der Waals surface area contributed by atoms with Crippen molar-refractivity contribution in [3.05, 3.63) is 24.3 Å². The first-order valence-electron chi connectivity index (χ1n) is 9.20. The molecule has 136 valence electrons. The molecule has 1 aliphatic heterocycles. The van der Waals surface area contributed by atoms with Gasteiger partial charge in [-0.25, -0.2) is 0 Å². The Labute approximate surface area is 148 Å². The largest absolute Gasteiger partial charge is 0.482 e. The Morgan fingerprint density at radius 3 is 2.80 bits per heavy atom. The Bertz CT molecular complexity index is 614. The molecule has 0 saturated heterocycles. The van der Waals surface area contributed by atoms with Crippen LogP contribution < -0.4 is 20.7 Å². The number of fused-ring (bicyclic) bond motifs is 1. The van der Waals surface area contributed by atoms with Gasteiger partial charge in [0.15, 0.2) is 6.61 Å². The van der Waals surface area contributed by atoms with Gasteiger partial charge < -0.3 is 20.7 Å². The minimum absolute atomic E-state index is 0.0200. The predicted molar refractivity (Wildman–Crippen MR) is 96.5 cm³/mol. The number of amides is 2.